The highest BCUT2D eigenvalue weighted by Crippen LogP contribution is 2.25. The maximum absolute atomic E-state index is 4.98. The number of hydrogen-bond acceptors (Lipinski definition) is 2. The zero-order chi connectivity index (χ0) is 8.39. The van der Waals surface area contributed by atoms with Gasteiger partial charge < -0.3 is 4.42 Å². The molecule has 2 aromatic heterocycles. The summed E-state index contributed by atoms with van der Waals surface area (Å²) in [4.78, 5) is 4.11. The fourth-order valence-electron chi connectivity index (χ4n) is 1.02. The summed E-state index contributed by atoms with van der Waals surface area (Å²) in [6.45, 7) is 0. The number of halogens is 1. The van der Waals surface area contributed by atoms with Crippen LogP contribution in [0.4, 0.5) is 0 Å². The summed E-state index contributed by atoms with van der Waals surface area (Å²) in [5.74, 6) is 0. The molecule has 0 amide bonds. The summed E-state index contributed by atoms with van der Waals surface area (Å²) in [6.07, 6.45) is 5.09. The largest absolute Gasteiger partial charge is 0.472 e. The molecule has 60 valence electrons. The van der Waals surface area contributed by atoms with Gasteiger partial charge in [-0.05, 0) is 28.1 Å². The topological polar surface area (TPSA) is 26.0 Å². The van der Waals surface area contributed by atoms with Crippen LogP contribution in [0.25, 0.3) is 11.1 Å². The van der Waals surface area contributed by atoms with Gasteiger partial charge >= 0.3 is 0 Å². The molecule has 0 bridgehead atoms. The van der Waals surface area contributed by atoms with Crippen LogP contribution in [0, 0.1) is 0 Å². The van der Waals surface area contributed by atoms with Crippen molar-refractivity contribution in [3.8, 4) is 11.1 Å². The summed E-state index contributed by atoms with van der Waals surface area (Å²) in [5.41, 5.74) is 2.08. The lowest BCUT2D eigenvalue weighted by atomic mass is 10.2. The molecule has 0 N–H and O–H groups in total. The Hall–Kier alpha value is -1.09. The highest BCUT2D eigenvalue weighted by Gasteiger charge is 2.02. The summed E-state index contributed by atoms with van der Waals surface area (Å²) in [7, 11) is 0. The summed E-state index contributed by atoms with van der Waals surface area (Å²) in [5, 5.41) is 0. The van der Waals surface area contributed by atoms with Crippen LogP contribution < -0.4 is 0 Å². The van der Waals surface area contributed by atoms with Crippen LogP contribution in [-0.2, 0) is 0 Å². The van der Waals surface area contributed by atoms with Crippen molar-refractivity contribution in [3.63, 3.8) is 0 Å². The van der Waals surface area contributed by atoms with E-state index in [4.69, 9.17) is 4.42 Å². The Morgan fingerprint density at radius 2 is 2.25 bits per heavy atom. The Bertz CT molecular complexity index is 370. The van der Waals surface area contributed by atoms with E-state index in [-0.39, 0.29) is 0 Å². The minimum absolute atomic E-state index is 0.839. The Morgan fingerprint density at radius 3 is 2.92 bits per heavy atom. The number of aromatic nitrogens is 1. The van der Waals surface area contributed by atoms with Crippen molar-refractivity contribution in [2.75, 3.05) is 0 Å². The molecule has 0 fully saturated rings. The molecule has 0 aromatic carbocycles. The highest BCUT2D eigenvalue weighted by atomic mass is 79.9. The van der Waals surface area contributed by atoms with Gasteiger partial charge in [-0.25, -0.2) is 4.98 Å². The molecule has 0 aliphatic rings. The van der Waals surface area contributed by atoms with Crippen molar-refractivity contribution in [2.24, 2.45) is 0 Å². The molecule has 0 unspecified atom stereocenters. The smallest absolute Gasteiger partial charge is 0.113 e. The second-order valence-corrected chi connectivity index (χ2v) is 3.10. The standard InChI is InChI=1S/C9H6BrNO/c10-9-8(2-1-4-11-9)7-3-5-12-6-7/h1-6H. The predicted octanol–water partition coefficient (Wildman–Crippen LogP) is 3.10. The molecule has 2 rings (SSSR count). The Labute approximate surface area is 78.4 Å². The van der Waals surface area contributed by atoms with Gasteiger partial charge in [0, 0.05) is 17.3 Å². The number of rotatable bonds is 1. The SMILES string of the molecule is Brc1ncccc1-c1ccoc1. The van der Waals surface area contributed by atoms with Crippen molar-refractivity contribution in [1.29, 1.82) is 0 Å². The molecular weight excluding hydrogens is 218 g/mol. The Kier molecular flexibility index (Phi) is 1.96. The maximum Gasteiger partial charge on any atom is 0.113 e. The predicted molar refractivity (Wildman–Crippen MR) is 49.6 cm³/mol. The number of furan rings is 1. The zero-order valence-corrected chi connectivity index (χ0v) is 7.78. The molecular formula is C9H6BrNO. The van der Waals surface area contributed by atoms with Gasteiger partial charge in [0.15, 0.2) is 0 Å². The lowest BCUT2D eigenvalue weighted by Gasteiger charge is -1.97. The van der Waals surface area contributed by atoms with Gasteiger partial charge in [0.2, 0.25) is 0 Å². The maximum atomic E-state index is 4.98. The minimum Gasteiger partial charge on any atom is -0.472 e. The van der Waals surface area contributed by atoms with E-state index in [0.29, 0.717) is 0 Å². The third-order valence-corrected chi connectivity index (χ3v) is 2.22. The monoisotopic (exact) mass is 223 g/mol. The van der Waals surface area contributed by atoms with Crippen molar-refractivity contribution >= 4 is 15.9 Å². The lowest BCUT2D eigenvalue weighted by molar-refractivity contribution is 0.568. The Morgan fingerprint density at radius 1 is 1.33 bits per heavy atom. The molecule has 0 aliphatic carbocycles. The van der Waals surface area contributed by atoms with E-state index in [1.807, 2.05) is 18.2 Å². The first-order chi connectivity index (χ1) is 5.88. The van der Waals surface area contributed by atoms with Crippen LogP contribution in [-0.4, -0.2) is 4.98 Å². The molecule has 3 heteroatoms. The molecule has 0 spiro atoms. The van der Waals surface area contributed by atoms with Crippen molar-refractivity contribution in [3.05, 3.63) is 41.5 Å². The van der Waals surface area contributed by atoms with E-state index in [2.05, 4.69) is 20.9 Å². The summed E-state index contributed by atoms with van der Waals surface area (Å²) in [6, 6.07) is 5.79. The molecule has 0 atom stereocenters. The van der Waals surface area contributed by atoms with Gasteiger partial charge in [-0.1, -0.05) is 6.07 Å². The molecule has 2 heterocycles. The normalized spacial score (nSPS) is 10.1. The van der Waals surface area contributed by atoms with Crippen LogP contribution in [0.2, 0.25) is 0 Å². The molecule has 12 heavy (non-hydrogen) atoms. The third-order valence-electron chi connectivity index (χ3n) is 1.59. The molecule has 0 saturated carbocycles. The van der Waals surface area contributed by atoms with Crippen molar-refractivity contribution in [1.82, 2.24) is 4.98 Å². The molecule has 2 nitrogen and oxygen atoms in total. The number of hydrogen-bond donors (Lipinski definition) is 0. The third kappa shape index (κ3) is 1.28. The van der Waals surface area contributed by atoms with E-state index in [0.717, 1.165) is 15.7 Å². The summed E-state index contributed by atoms with van der Waals surface area (Å²) >= 11 is 3.36. The van der Waals surface area contributed by atoms with Crippen LogP contribution in [0.3, 0.4) is 0 Å². The van der Waals surface area contributed by atoms with Crippen LogP contribution in [0.1, 0.15) is 0 Å². The van der Waals surface area contributed by atoms with Gasteiger partial charge in [-0.2, -0.15) is 0 Å². The molecule has 2 aromatic rings. The van der Waals surface area contributed by atoms with Gasteiger partial charge in [-0.15, -0.1) is 0 Å². The van der Waals surface area contributed by atoms with Crippen LogP contribution in [0.15, 0.2) is 45.9 Å². The molecule has 0 aliphatic heterocycles. The first-order valence-electron chi connectivity index (χ1n) is 3.51. The first kappa shape index (κ1) is 7.55. The van der Waals surface area contributed by atoms with Gasteiger partial charge in [-0.3, -0.25) is 0 Å². The minimum atomic E-state index is 0.839. The quantitative estimate of drug-likeness (QED) is 0.695. The highest BCUT2D eigenvalue weighted by molar-refractivity contribution is 9.10. The van der Waals surface area contributed by atoms with Gasteiger partial charge in [0.05, 0.1) is 12.5 Å². The van der Waals surface area contributed by atoms with E-state index in [1.165, 1.54) is 0 Å². The fourth-order valence-corrected chi connectivity index (χ4v) is 1.50. The molecule has 0 saturated heterocycles. The second-order valence-electron chi connectivity index (χ2n) is 2.35. The summed E-state index contributed by atoms with van der Waals surface area (Å²) < 4.78 is 5.81. The molecule has 0 radical (unpaired) electrons. The zero-order valence-electron chi connectivity index (χ0n) is 6.20. The van der Waals surface area contributed by atoms with Crippen molar-refractivity contribution < 1.29 is 4.42 Å². The average molecular weight is 224 g/mol. The number of pyridine rings is 1. The van der Waals surface area contributed by atoms with E-state index in [1.54, 1.807) is 18.7 Å². The van der Waals surface area contributed by atoms with E-state index in [9.17, 15) is 0 Å². The van der Waals surface area contributed by atoms with E-state index >= 15 is 0 Å². The number of nitrogens with zero attached hydrogens (tertiary/aromatic N) is 1. The van der Waals surface area contributed by atoms with Gasteiger partial charge in [0.1, 0.15) is 4.60 Å². The fraction of sp³-hybridized carbons (Fsp3) is 0. The lowest BCUT2D eigenvalue weighted by Crippen LogP contribution is -1.79. The van der Waals surface area contributed by atoms with E-state index < -0.39 is 0 Å². The first-order valence-corrected chi connectivity index (χ1v) is 4.30. The van der Waals surface area contributed by atoms with Gasteiger partial charge in [0.25, 0.3) is 0 Å². The van der Waals surface area contributed by atoms with Crippen LogP contribution >= 0.6 is 15.9 Å². The van der Waals surface area contributed by atoms with Crippen molar-refractivity contribution in [2.45, 2.75) is 0 Å². The average Bonchev–Trinajstić information content (AvgIpc) is 2.57. The van der Waals surface area contributed by atoms with Crippen LogP contribution in [0.5, 0.6) is 0 Å². The Balaban J connectivity index is 2.55. The second kappa shape index (κ2) is 3.11.